The molecular formula is C78H143NO10. The number of nitrogens with one attached hydrogen (secondary N) is 1. The average Bonchev–Trinajstić information content (AvgIpc) is 1.97. The van der Waals surface area contributed by atoms with Crippen LogP contribution in [-0.2, 0) is 23.8 Å². The maximum atomic E-state index is 13.5. The lowest BCUT2D eigenvalue weighted by atomic mass is 9.99. The van der Waals surface area contributed by atoms with Crippen molar-refractivity contribution in [3.05, 3.63) is 60.8 Å². The number of carbonyl (C=O) groups excluding carboxylic acids is 2. The molecule has 6 N–H and O–H groups in total. The first-order valence-electron chi connectivity index (χ1n) is 38.1. The Kier molecular flexibility index (Phi) is 62.0. The zero-order chi connectivity index (χ0) is 64.6. The molecule has 0 radical (unpaired) electrons. The van der Waals surface area contributed by atoms with Crippen LogP contribution in [0.15, 0.2) is 60.8 Å². The van der Waals surface area contributed by atoms with Gasteiger partial charge in [-0.3, -0.25) is 9.59 Å². The third-order valence-electron chi connectivity index (χ3n) is 17.9. The molecular weight excluding hydrogens is 1110 g/mol. The van der Waals surface area contributed by atoms with Gasteiger partial charge >= 0.3 is 5.97 Å². The maximum absolute atomic E-state index is 13.5. The first kappa shape index (κ1) is 84.4. The van der Waals surface area contributed by atoms with Gasteiger partial charge in [0.2, 0.25) is 5.91 Å². The lowest BCUT2D eigenvalue weighted by Gasteiger charge is -2.41. The van der Waals surface area contributed by atoms with Crippen LogP contribution in [0.4, 0.5) is 0 Å². The highest BCUT2D eigenvalue weighted by Crippen LogP contribution is 2.27. The van der Waals surface area contributed by atoms with E-state index in [1.165, 1.54) is 212 Å². The summed E-state index contributed by atoms with van der Waals surface area (Å²) in [6.45, 7) is 5.80. The summed E-state index contributed by atoms with van der Waals surface area (Å²) in [4.78, 5) is 26.7. The van der Waals surface area contributed by atoms with Crippen molar-refractivity contribution in [2.24, 2.45) is 0 Å². The van der Waals surface area contributed by atoms with Crippen molar-refractivity contribution < 1.29 is 49.3 Å². The summed E-state index contributed by atoms with van der Waals surface area (Å²) in [5, 5.41) is 57.3. The Balaban J connectivity index is 2.51. The number of esters is 1. The average molecular weight is 1250 g/mol. The molecule has 0 aromatic rings. The third kappa shape index (κ3) is 52.4. The number of rotatable bonds is 66. The number of ether oxygens (including phenoxy) is 3. The van der Waals surface area contributed by atoms with E-state index in [0.29, 0.717) is 19.3 Å². The molecule has 1 heterocycles. The van der Waals surface area contributed by atoms with Gasteiger partial charge in [-0.25, -0.2) is 0 Å². The number of unbranched alkanes of at least 4 members (excludes halogenated alkanes) is 44. The van der Waals surface area contributed by atoms with Crippen molar-refractivity contribution in [2.75, 3.05) is 13.2 Å². The molecule has 1 fully saturated rings. The molecule has 1 rings (SSSR count). The minimum atomic E-state index is -1.62. The number of aliphatic hydroxyl groups is 5. The van der Waals surface area contributed by atoms with Crippen molar-refractivity contribution in [2.45, 2.75) is 410 Å². The number of amides is 1. The highest BCUT2D eigenvalue weighted by atomic mass is 16.7. The van der Waals surface area contributed by atoms with E-state index in [2.05, 4.69) is 74.7 Å². The number of allylic oxidation sites excluding steroid dienone is 9. The molecule has 89 heavy (non-hydrogen) atoms. The van der Waals surface area contributed by atoms with Gasteiger partial charge in [0, 0.05) is 6.42 Å². The van der Waals surface area contributed by atoms with Gasteiger partial charge in [0.15, 0.2) is 12.4 Å². The molecule has 1 aliphatic heterocycles. The van der Waals surface area contributed by atoms with Crippen LogP contribution in [0, 0.1) is 0 Å². The van der Waals surface area contributed by atoms with Gasteiger partial charge in [-0.05, 0) is 70.6 Å². The Hall–Kier alpha value is -2.64. The zero-order valence-corrected chi connectivity index (χ0v) is 58.1. The van der Waals surface area contributed by atoms with Gasteiger partial charge in [-0.1, -0.05) is 345 Å². The van der Waals surface area contributed by atoms with E-state index in [4.69, 9.17) is 14.2 Å². The number of hydrogen-bond donors (Lipinski definition) is 6. The van der Waals surface area contributed by atoms with Crippen LogP contribution in [0.25, 0.3) is 0 Å². The van der Waals surface area contributed by atoms with E-state index in [1.807, 2.05) is 6.08 Å². The molecule has 0 aromatic carbocycles. The number of aliphatic hydroxyl groups excluding tert-OH is 5. The molecule has 1 aliphatic rings. The Bertz CT molecular complexity index is 1680. The van der Waals surface area contributed by atoms with Crippen molar-refractivity contribution in [1.29, 1.82) is 0 Å². The van der Waals surface area contributed by atoms with Gasteiger partial charge in [0.05, 0.1) is 25.4 Å². The molecule has 0 aromatic heterocycles. The van der Waals surface area contributed by atoms with Crippen molar-refractivity contribution in [3.63, 3.8) is 0 Å². The van der Waals surface area contributed by atoms with Crippen molar-refractivity contribution in [1.82, 2.24) is 5.32 Å². The second-order valence-corrected chi connectivity index (χ2v) is 26.4. The van der Waals surface area contributed by atoms with Crippen LogP contribution in [0.1, 0.15) is 361 Å². The standard InChI is InChI=1S/C78H143NO10/c1-4-7-10-13-16-19-22-24-26-28-30-32-34-35-36-38-39-41-43-45-47-50-53-56-59-62-65-71(82)77(86)79-69(70(81)64-61-58-55-52-49-21-18-15-12-9-6-3)68-87-78-76(75(85)74(84)72(67-80)88-78)89-73(83)66-63-60-57-54-51-48-46-44-42-40-37-33-31-29-27-25-23-20-17-14-11-8-5-2/h17,20,25,27,31,33,40,42,61,64,69-72,74-76,78,80-82,84-85H,4-16,18-19,21-24,26,28-30,32,34-39,41,43-60,62-63,65-68H2,1-3H3,(H,79,86)/b20-17-,27-25-,33-31-,42-40-,64-61+. The quantitative estimate of drug-likeness (QED) is 0.0195. The van der Waals surface area contributed by atoms with E-state index < -0.39 is 67.4 Å². The van der Waals surface area contributed by atoms with Crippen molar-refractivity contribution >= 4 is 11.9 Å². The second kappa shape index (κ2) is 65.4. The molecule has 8 atom stereocenters. The van der Waals surface area contributed by atoms with E-state index in [-0.39, 0.29) is 13.0 Å². The molecule has 11 nitrogen and oxygen atoms in total. The Morgan fingerprint density at radius 1 is 0.438 bits per heavy atom. The minimum Gasteiger partial charge on any atom is -0.454 e. The molecule has 520 valence electrons. The smallest absolute Gasteiger partial charge is 0.306 e. The predicted octanol–water partition coefficient (Wildman–Crippen LogP) is 20.1. The van der Waals surface area contributed by atoms with E-state index in [9.17, 15) is 35.1 Å². The largest absolute Gasteiger partial charge is 0.454 e. The zero-order valence-electron chi connectivity index (χ0n) is 58.1. The molecule has 1 amide bonds. The van der Waals surface area contributed by atoms with Gasteiger partial charge < -0.3 is 45.1 Å². The van der Waals surface area contributed by atoms with Gasteiger partial charge in [-0.15, -0.1) is 0 Å². The fraction of sp³-hybridized carbons (Fsp3) is 0.846. The topological polar surface area (TPSA) is 175 Å². The van der Waals surface area contributed by atoms with Crippen LogP contribution < -0.4 is 5.32 Å². The minimum absolute atomic E-state index is 0.111. The second-order valence-electron chi connectivity index (χ2n) is 26.4. The Labute approximate surface area is 548 Å². The summed E-state index contributed by atoms with van der Waals surface area (Å²) < 4.78 is 17.7. The van der Waals surface area contributed by atoms with E-state index in [1.54, 1.807) is 6.08 Å². The van der Waals surface area contributed by atoms with Crippen molar-refractivity contribution in [3.8, 4) is 0 Å². The van der Waals surface area contributed by atoms with Crippen LogP contribution in [0.5, 0.6) is 0 Å². The lowest BCUT2D eigenvalue weighted by Crippen LogP contribution is -2.61. The summed E-state index contributed by atoms with van der Waals surface area (Å²) >= 11 is 0. The highest BCUT2D eigenvalue weighted by Gasteiger charge is 2.47. The fourth-order valence-corrected chi connectivity index (χ4v) is 11.9. The summed E-state index contributed by atoms with van der Waals surface area (Å²) in [6, 6.07) is -1.03. The Morgan fingerprint density at radius 3 is 1.18 bits per heavy atom. The predicted molar refractivity (Wildman–Crippen MR) is 375 cm³/mol. The summed E-state index contributed by atoms with van der Waals surface area (Å²) in [5.41, 5.74) is 0. The van der Waals surface area contributed by atoms with E-state index >= 15 is 0 Å². The van der Waals surface area contributed by atoms with Crippen LogP contribution >= 0.6 is 0 Å². The molecule has 1 saturated heterocycles. The van der Waals surface area contributed by atoms with Gasteiger partial charge in [-0.2, -0.15) is 0 Å². The molecule has 0 spiro atoms. The molecule has 0 aliphatic carbocycles. The van der Waals surface area contributed by atoms with Gasteiger partial charge in [0.25, 0.3) is 0 Å². The van der Waals surface area contributed by atoms with Crippen LogP contribution in [0.2, 0.25) is 0 Å². The third-order valence-corrected chi connectivity index (χ3v) is 17.9. The number of carbonyl (C=O) groups is 2. The molecule has 0 saturated carbocycles. The van der Waals surface area contributed by atoms with Crippen LogP contribution in [0.3, 0.4) is 0 Å². The van der Waals surface area contributed by atoms with E-state index in [0.717, 1.165) is 103 Å². The maximum Gasteiger partial charge on any atom is 0.306 e. The van der Waals surface area contributed by atoms with Gasteiger partial charge in [0.1, 0.15) is 24.4 Å². The number of hydrogen-bond acceptors (Lipinski definition) is 10. The SMILES string of the molecule is CCCCC/C=C\C/C=C\C/C=C\C/C=C\CCCCCCCCCC(=O)OC1C(OCC(NC(=O)C(O)CCCCCCCCCCCCCCCCCCCCCCCCCCCC)C(O)/C=C/CCCCCCCCCCC)OC(CO)C(O)C1O. The first-order chi connectivity index (χ1) is 43.7. The summed E-state index contributed by atoms with van der Waals surface area (Å²) in [6.07, 6.45) is 74.2. The van der Waals surface area contributed by atoms with Crippen LogP contribution in [-0.4, -0.2) is 99.6 Å². The molecule has 11 heteroatoms. The molecule has 0 bridgehead atoms. The normalized spacial score (nSPS) is 18.4. The summed E-state index contributed by atoms with van der Waals surface area (Å²) in [7, 11) is 0. The molecule has 8 unspecified atom stereocenters. The fourth-order valence-electron chi connectivity index (χ4n) is 11.9. The lowest BCUT2D eigenvalue weighted by molar-refractivity contribution is -0.305. The Morgan fingerprint density at radius 2 is 0.775 bits per heavy atom. The monoisotopic (exact) mass is 1250 g/mol. The highest BCUT2D eigenvalue weighted by molar-refractivity contribution is 5.80. The first-order valence-corrected chi connectivity index (χ1v) is 38.1. The summed E-state index contributed by atoms with van der Waals surface area (Å²) in [5.74, 6) is -1.19.